The molecule has 1 fully saturated rings. The first kappa shape index (κ1) is 6.52. The summed E-state index contributed by atoms with van der Waals surface area (Å²) in [7, 11) is 0. The van der Waals surface area contributed by atoms with E-state index < -0.39 is 0 Å². The first-order valence-electron chi connectivity index (χ1n) is 3.28. The van der Waals surface area contributed by atoms with Gasteiger partial charge in [0.05, 0.1) is 0 Å². The third kappa shape index (κ3) is 1.40. The molecule has 0 aromatic rings. The first-order valence-corrected chi connectivity index (χ1v) is 3.28. The predicted molar refractivity (Wildman–Crippen MR) is 33.8 cm³/mol. The molecule has 0 unspecified atom stereocenters. The Kier molecular flexibility index (Phi) is 1.69. The van der Waals surface area contributed by atoms with Gasteiger partial charge in [-0.2, -0.15) is 0 Å². The smallest absolute Gasteiger partial charge is 0.155 e. The van der Waals surface area contributed by atoms with Crippen molar-refractivity contribution < 1.29 is 4.84 Å². The summed E-state index contributed by atoms with van der Waals surface area (Å²) in [4.78, 5) is 14.4. The van der Waals surface area contributed by atoms with Crippen LogP contribution >= 0.6 is 0 Å². The van der Waals surface area contributed by atoms with Gasteiger partial charge < -0.3 is 4.84 Å². The zero-order valence-electron chi connectivity index (χ0n) is 5.59. The Morgan fingerprint density at radius 1 is 1.44 bits per heavy atom. The molecule has 0 saturated heterocycles. The Bertz CT molecular complexity index is 108. The van der Waals surface area contributed by atoms with Gasteiger partial charge in [0, 0.05) is 0 Å². The second-order valence-corrected chi connectivity index (χ2v) is 2.82. The maximum absolute atomic E-state index is 9.69. The molecular weight excluding hydrogens is 118 g/mol. The van der Waals surface area contributed by atoms with Crippen LogP contribution < -0.4 is 0 Å². The topological polar surface area (TPSA) is 38.7 Å². The van der Waals surface area contributed by atoms with Crippen LogP contribution in [0.15, 0.2) is 5.34 Å². The molecule has 1 rings (SSSR count). The van der Waals surface area contributed by atoms with Gasteiger partial charge in [0.25, 0.3) is 0 Å². The molecule has 1 aliphatic carbocycles. The number of rotatable bonds is 2. The van der Waals surface area contributed by atoms with Gasteiger partial charge in [0.15, 0.2) is 5.34 Å². The van der Waals surface area contributed by atoms with Crippen LogP contribution in [0.5, 0.6) is 0 Å². The monoisotopic (exact) mass is 129 g/mol. The lowest BCUT2D eigenvalue weighted by Crippen LogP contribution is -2.20. The van der Waals surface area contributed by atoms with E-state index in [9.17, 15) is 4.91 Å². The van der Waals surface area contributed by atoms with E-state index in [1.807, 2.05) is 6.92 Å². The Morgan fingerprint density at radius 2 is 2.00 bits per heavy atom. The zero-order chi connectivity index (χ0) is 6.74. The summed E-state index contributed by atoms with van der Waals surface area (Å²) in [6.07, 6.45) is 4.26. The first-order chi connectivity index (χ1) is 4.27. The Morgan fingerprint density at radius 3 is 2.44 bits per heavy atom. The minimum Gasteiger partial charge on any atom is -0.358 e. The Balaban J connectivity index is 2.40. The minimum absolute atomic E-state index is 0.234. The molecule has 3 nitrogen and oxygen atoms in total. The van der Waals surface area contributed by atoms with Crippen LogP contribution in [0.2, 0.25) is 0 Å². The lowest BCUT2D eigenvalue weighted by Gasteiger charge is -2.17. The molecule has 0 N–H and O–H groups in total. The molecule has 0 aliphatic heterocycles. The fourth-order valence-electron chi connectivity index (χ4n) is 1.30. The standard InChI is InChI=1S/C6H11NO2/c1-6(9-7-8)4-2-3-5-6/h2-5H2,1H3. The van der Waals surface area contributed by atoms with E-state index in [-0.39, 0.29) is 5.60 Å². The van der Waals surface area contributed by atoms with Gasteiger partial charge in [0.2, 0.25) is 0 Å². The van der Waals surface area contributed by atoms with Gasteiger partial charge in [-0.25, -0.2) is 0 Å². The van der Waals surface area contributed by atoms with E-state index >= 15 is 0 Å². The Labute approximate surface area is 54.3 Å². The maximum atomic E-state index is 9.69. The van der Waals surface area contributed by atoms with Crippen molar-refractivity contribution >= 4 is 0 Å². The van der Waals surface area contributed by atoms with Gasteiger partial charge in [-0.3, -0.25) is 0 Å². The van der Waals surface area contributed by atoms with E-state index in [4.69, 9.17) is 0 Å². The van der Waals surface area contributed by atoms with Gasteiger partial charge >= 0.3 is 0 Å². The van der Waals surface area contributed by atoms with Crippen molar-refractivity contribution in [1.82, 2.24) is 0 Å². The largest absolute Gasteiger partial charge is 0.358 e. The van der Waals surface area contributed by atoms with E-state index in [0.717, 1.165) is 25.7 Å². The van der Waals surface area contributed by atoms with Gasteiger partial charge in [-0.1, -0.05) is 0 Å². The highest BCUT2D eigenvalue weighted by molar-refractivity contribution is 4.80. The normalized spacial score (nSPS) is 23.7. The average molecular weight is 129 g/mol. The highest BCUT2D eigenvalue weighted by Crippen LogP contribution is 2.32. The molecule has 9 heavy (non-hydrogen) atoms. The van der Waals surface area contributed by atoms with Crippen molar-refractivity contribution in [2.24, 2.45) is 5.34 Å². The van der Waals surface area contributed by atoms with Crippen molar-refractivity contribution in [3.05, 3.63) is 4.91 Å². The summed E-state index contributed by atoms with van der Waals surface area (Å²) in [5.41, 5.74) is -0.234. The molecule has 0 aromatic carbocycles. The Hall–Kier alpha value is -0.600. The molecule has 3 heteroatoms. The maximum Gasteiger partial charge on any atom is 0.155 e. The molecule has 1 aliphatic rings. The fourth-order valence-corrected chi connectivity index (χ4v) is 1.30. The van der Waals surface area contributed by atoms with Crippen LogP contribution in [-0.4, -0.2) is 5.60 Å². The number of hydrogen-bond acceptors (Lipinski definition) is 3. The summed E-state index contributed by atoms with van der Waals surface area (Å²) in [6.45, 7) is 1.93. The molecule has 0 radical (unpaired) electrons. The molecular formula is C6H11NO2. The summed E-state index contributed by atoms with van der Waals surface area (Å²) < 4.78 is 0. The van der Waals surface area contributed by atoms with Crippen LogP contribution in [0.1, 0.15) is 32.6 Å². The molecule has 0 spiro atoms. The van der Waals surface area contributed by atoms with Gasteiger partial charge in [0.1, 0.15) is 5.60 Å². The van der Waals surface area contributed by atoms with E-state index in [1.54, 1.807) is 0 Å². The zero-order valence-corrected chi connectivity index (χ0v) is 5.59. The molecule has 52 valence electrons. The van der Waals surface area contributed by atoms with Crippen LogP contribution in [0.25, 0.3) is 0 Å². The lowest BCUT2D eigenvalue weighted by molar-refractivity contribution is -0.0261. The highest BCUT2D eigenvalue weighted by Gasteiger charge is 2.31. The molecule has 0 aromatic heterocycles. The van der Waals surface area contributed by atoms with E-state index in [2.05, 4.69) is 10.2 Å². The molecule has 0 atom stereocenters. The van der Waals surface area contributed by atoms with Crippen LogP contribution in [0, 0.1) is 4.91 Å². The fraction of sp³-hybridized carbons (Fsp3) is 1.00. The summed E-state index contributed by atoms with van der Waals surface area (Å²) in [5.74, 6) is 0. The predicted octanol–water partition coefficient (Wildman–Crippen LogP) is 2.02. The third-order valence-corrected chi connectivity index (χ3v) is 1.92. The molecule has 0 amide bonds. The van der Waals surface area contributed by atoms with Crippen molar-refractivity contribution in [1.29, 1.82) is 0 Å². The summed E-state index contributed by atoms with van der Waals surface area (Å²) in [6, 6.07) is 0. The van der Waals surface area contributed by atoms with Crippen LogP contribution in [0.3, 0.4) is 0 Å². The average Bonchev–Trinajstić information content (AvgIpc) is 2.16. The van der Waals surface area contributed by atoms with Gasteiger partial charge in [-0.05, 0) is 32.6 Å². The number of hydrogen-bond donors (Lipinski definition) is 0. The molecule has 0 bridgehead atoms. The van der Waals surface area contributed by atoms with Crippen LogP contribution in [-0.2, 0) is 4.84 Å². The highest BCUT2D eigenvalue weighted by atomic mass is 16.7. The van der Waals surface area contributed by atoms with Gasteiger partial charge in [-0.15, -0.1) is 4.91 Å². The second kappa shape index (κ2) is 2.33. The quantitative estimate of drug-likeness (QED) is 0.422. The van der Waals surface area contributed by atoms with Crippen molar-refractivity contribution in [3.63, 3.8) is 0 Å². The molecule has 0 heterocycles. The van der Waals surface area contributed by atoms with E-state index in [1.165, 1.54) is 0 Å². The molecule has 1 saturated carbocycles. The number of nitrogens with zero attached hydrogens (tertiary/aromatic N) is 1. The van der Waals surface area contributed by atoms with Crippen molar-refractivity contribution in [2.45, 2.75) is 38.2 Å². The van der Waals surface area contributed by atoms with E-state index in [0.29, 0.717) is 0 Å². The summed E-state index contributed by atoms with van der Waals surface area (Å²) in [5, 5.41) is 2.44. The van der Waals surface area contributed by atoms with Crippen molar-refractivity contribution in [2.75, 3.05) is 0 Å². The third-order valence-electron chi connectivity index (χ3n) is 1.92. The van der Waals surface area contributed by atoms with Crippen LogP contribution in [0.4, 0.5) is 0 Å². The minimum atomic E-state index is -0.234. The summed E-state index contributed by atoms with van der Waals surface area (Å²) >= 11 is 0. The SMILES string of the molecule is CC1(ON=O)CCCC1. The van der Waals surface area contributed by atoms with Crippen molar-refractivity contribution in [3.8, 4) is 0 Å². The lowest BCUT2D eigenvalue weighted by atomic mass is 10.1. The second-order valence-electron chi connectivity index (χ2n) is 2.82.